The van der Waals surface area contributed by atoms with E-state index in [2.05, 4.69) is 52.1 Å². The fraction of sp³-hybridized carbons (Fsp3) is 0.533. The topological polar surface area (TPSA) is 116 Å². The van der Waals surface area contributed by atoms with Crippen LogP contribution in [0.4, 0.5) is 0 Å². The van der Waals surface area contributed by atoms with Crippen LogP contribution in [-0.4, -0.2) is 26.5 Å². The second kappa shape index (κ2) is 22.0. The molecule has 9 heteroatoms. The number of benzene rings is 3. The van der Waals surface area contributed by atoms with Crippen LogP contribution in [-0.2, 0) is 38.5 Å². The van der Waals surface area contributed by atoms with Crippen molar-refractivity contribution in [3.8, 4) is 34.5 Å². The van der Waals surface area contributed by atoms with E-state index in [9.17, 15) is 15.3 Å². The Bertz CT molecular complexity index is 1610. The Morgan fingerprint density at radius 1 is 0.481 bits per heavy atom. The van der Waals surface area contributed by atoms with Crippen molar-refractivity contribution in [2.45, 2.75) is 157 Å². The summed E-state index contributed by atoms with van der Waals surface area (Å²) in [4.78, 5) is 6.38. The van der Waals surface area contributed by atoms with Gasteiger partial charge in [0.25, 0.3) is 0 Å². The van der Waals surface area contributed by atoms with E-state index in [1.54, 1.807) is 6.08 Å². The van der Waals surface area contributed by atoms with Crippen molar-refractivity contribution in [2.75, 3.05) is 0 Å². The Balaban J connectivity index is 1.75. The molecule has 0 atom stereocenters. The summed E-state index contributed by atoms with van der Waals surface area (Å²) < 4.78 is 13.0. The lowest BCUT2D eigenvalue weighted by Crippen LogP contribution is -2.42. The van der Waals surface area contributed by atoms with Gasteiger partial charge in [-0.1, -0.05) is 85.2 Å². The third-order valence-corrected chi connectivity index (χ3v) is 9.81. The molecule has 0 fully saturated rings. The lowest BCUT2D eigenvalue weighted by molar-refractivity contribution is -0.107. The first-order chi connectivity index (χ1) is 26.2. The van der Waals surface area contributed by atoms with E-state index in [0.29, 0.717) is 40.4 Å². The summed E-state index contributed by atoms with van der Waals surface area (Å²) in [7, 11) is 0. The highest BCUT2D eigenvalue weighted by Gasteiger charge is 2.22. The van der Waals surface area contributed by atoms with Crippen molar-refractivity contribution in [3.05, 3.63) is 81.7 Å². The molecular formula is C45H65N3O6. The molecule has 1 heterocycles. The highest BCUT2D eigenvalue weighted by atomic mass is 16.7. The summed E-state index contributed by atoms with van der Waals surface area (Å²) in [6, 6.07) is 11.3. The monoisotopic (exact) mass is 743 g/mol. The Labute approximate surface area is 324 Å². The molecule has 0 saturated carbocycles. The Morgan fingerprint density at radius 2 is 0.796 bits per heavy atom. The standard InChI is InChI=1S/C45H65N3O6/c1-7-13-19-32-25-38(26-33(43(32)49)20-14-8-2)52-41-31-42(53-39-27-34(21-15-9-3)44(50)35(28-39)22-16-10-4)47-48(46-41)54-40-29-36(23-17-11-5)45(51)37(30-40)24-18-12-6/h25-31,46,49-51H,7-24H2,1-6H3. The zero-order valence-corrected chi connectivity index (χ0v) is 33.7. The second-order valence-corrected chi connectivity index (χ2v) is 14.5. The summed E-state index contributed by atoms with van der Waals surface area (Å²) in [5.41, 5.74) is 8.28. The number of unbranched alkanes of at least 4 members (excludes halogenated alkanes) is 6. The van der Waals surface area contributed by atoms with Crippen molar-refractivity contribution in [2.24, 2.45) is 5.10 Å². The summed E-state index contributed by atoms with van der Waals surface area (Å²) in [6.07, 6.45) is 17.9. The number of ether oxygens (including phenoxy) is 2. The molecule has 0 spiro atoms. The first-order valence-corrected chi connectivity index (χ1v) is 20.7. The van der Waals surface area contributed by atoms with Gasteiger partial charge in [0, 0.05) is 0 Å². The first-order valence-electron chi connectivity index (χ1n) is 20.7. The number of aromatic hydroxyl groups is 3. The van der Waals surface area contributed by atoms with Crippen LogP contribution < -0.4 is 19.7 Å². The molecule has 1 aliphatic heterocycles. The molecule has 0 radical (unpaired) electrons. The maximum atomic E-state index is 11.1. The van der Waals surface area contributed by atoms with Gasteiger partial charge in [0.2, 0.25) is 11.8 Å². The fourth-order valence-corrected chi connectivity index (χ4v) is 6.58. The van der Waals surface area contributed by atoms with Crippen LogP contribution in [0.2, 0.25) is 0 Å². The number of hydrazine groups is 1. The Kier molecular flexibility index (Phi) is 17.2. The van der Waals surface area contributed by atoms with Crippen molar-refractivity contribution in [3.63, 3.8) is 0 Å². The highest BCUT2D eigenvalue weighted by molar-refractivity contribution is 5.90. The van der Waals surface area contributed by atoms with Crippen LogP contribution in [0.15, 0.2) is 53.5 Å². The maximum Gasteiger partial charge on any atom is 0.247 e. The van der Waals surface area contributed by atoms with Gasteiger partial charge >= 0.3 is 0 Å². The molecule has 0 aromatic heterocycles. The van der Waals surface area contributed by atoms with E-state index in [0.717, 1.165) is 149 Å². The summed E-state index contributed by atoms with van der Waals surface area (Å²) >= 11 is 0. The number of aryl methyl sites for hydroxylation is 6. The molecule has 1 aliphatic rings. The van der Waals surface area contributed by atoms with Gasteiger partial charge in [-0.25, -0.2) is 5.43 Å². The predicted molar refractivity (Wildman–Crippen MR) is 218 cm³/mol. The van der Waals surface area contributed by atoms with Gasteiger partial charge in [-0.05, 0) is 152 Å². The molecule has 3 aromatic carbocycles. The van der Waals surface area contributed by atoms with Crippen LogP contribution in [0.1, 0.15) is 152 Å². The first kappa shape index (κ1) is 42.2. The van der Waals surface area contributed by atoms with Crippen LogP contribution in [0.5, 0.6) is 34.5 Å². The van der Waals surface area contributed by atoms with Crippen molar-refractivity contribution in [1.29, 1.82) is 0 Å². The van der Waals surface area contributed by atoms with E-state index in [4.69, 9.17) is 14.3 Å². The molecule has 4 rings (SSSR count). The minimum Gasteiger partial charge on any atom is -0.507 e. The fourth-order valence-electron chi connectivity index (χ4n) is 6.58. The van der Waals surface area contributed by atoms with Crippen molar-refractivity contribution >= 4 is 5.90 Å². The van der Waals surface area contributed by atoms with Gasteiger partial charge in [0.1, 0.15) is 28.7 Å². The molecule has 54 heavy (non-hydrogen) atoms. The largest absolute Gasteiger partial charge is 0.507 e. The third-order valence-electron chi connectivity index (χ3n) is 9.81. The van der Waals surface area contributed by atoms with Crippen molar-refractivity contribution in [1.82, 2.24) is 10.7 Å². The van der Waals surface area contributed by atoms with Gasteiger partial charge in [0.05, 0.1) is 6.08 Å². The third kappa shape index (κ3) is 12.3. The summed E-state index contributed by atoms with van der Waals surface area (Å²) in [5.74, 6) is 3.27. The zero-order chi connectivity index (χ0) is 38.9. The maximum absolute atomic E-state index is 11.1. The highest BCUT2D eigenvalue weighted by Crippen LogP contribution is 2.35. The molecule has 4 N–H and O–H groups in total. The molecule has 0 saturated heterocycles. The van der Waals surface area contributed by atoms with Gasteiger partial charge < -0.3 is 29.6 Å². The lowest BCUT2D eigenvalue weighted by Gasteiger charge is -2.26. The van der Waals surface area contributed by atoms with Crippen LogP contribution in [0, 0.1) is 0 Å². The quantitative estimate of drug-likeness (QED) is 0.0759. The number of hydrogen-bond acceptors (Lipinski definition) is 9. The summed E-state index contributed by atoms with van der Waals surface area (Å²) in [6.45, 7) is 12.8. The zero-order valence-electron chi connectivity index (χ0n) is 33.7. The molecule has 296 valence electrons. The van der Waals surface area contributed by atoms with E-state index < -0.39 is 0 Å². The number of phenols is 3. The molecule has 0 amide bonds. The van der Waals surface area contributed by atoms with E-state index in [1.165, 1.54) is 5.28 Å². The number of nitrogens with zero attached hydrogens (tertiary/aromatic N) is 2. The number of nitrogens with one attached hydrogen (secondary N) is 1. The van der Waals surface area contributed by atoms with Crippen LogP contribution in [0.3, 0.4) is 0 Å². The van der Waals surface area contributed by atoms with Gasteiger partial charge in [0.15, 0.2) is 5.75 Å². The van der Waals surface area contributed by atoms with Crippen molar-refractivity contribution < 1.29 is 29.6 Å². The SMILES string of the molecule is CCCCc1cc(OC2=CC(Oc3cc(CCCC)c(O)c(CCCC)c3)=NN(Oc3cc(CCCC)c(O)c(CCCC)c3)N2)cc(CCCC)c1O. The Hall–Kier alpha value is -4.53. The molecular weight excluding hydrogens is 679 g/mol. The van der Waals surface area contributed by atoms with E-state index in [1.807, 2.05) is 36.4 Å². The average molecular weight is 744 g/mol. The second-order valence-electron chi connectivity index (χ2n) is 14.5. The minimum absolute atomic E-state index is 0.227. The van der Waals surface area contributed by atoms with Crippen LogP contribution in [0.25, 0.3) is 0 Å². The number of hydrazone groups is 1. The average Bonchev–Trinajstić information content (AvgIpc) is 3.16. The van der Waals surface area contributed by atoms with Gasteiger partial charge in [-0.15, -0.1) is 0 Å². The molecule has 9 nitrogen and oxygen atoms in total. The Morgan fingerprint density at radius 3 is 1.13 bits per heavy atom. The molecule has 0 unspecified atom stereocenters. The van der Waals surface area contributed by atoms with E-state index >= 15 is 0 Å². The predicted octanol–water partition coefficient (Wildman–Crippen LogP) is 11.3. The van der Waals surface area contributed by atoms with E-state index in [-0.39, 0.29) is 5.90 Å². The number of rotatable bonds is 23. The summed E-state index contributed by atoms with van der Waals surface area (Å²) in [5, 5.41) is 39.3. The van der Waals surface area contributed by atoms with Gasteiger partial charge in [-0.2, -0.15) is 0 Å². The molecule has 3 aromatic rings. The van der Waals surface area contributed by atoms with Crippen LogP contribution >= 0.6 is 0 Å². The lowest BCUT2D eigenvalue weighted by atomic mass is 9.99. The normalized spacial score (nSPS) is 12.7. The molecule has 0 aliphatic carbocycles. The number of phenolic OH excluding ortho intramolecular Hbond substituents is 3. The smallest absolute Gasteiger partial charge is 0.247 e. The molecule has 0 bridgehead atoms. The minimum atomic E-state index is 0.227. The van der Waals surface area contributed by atoms with Gasteiger partial charge in [-0.3, -0.25) is 0 Å². The number of hydrogen-bond donors (Lipinski definition) is 4.